The molecule has 130 valence electrons. The number of nitrogens with one attached hydrogen (secondary N) is 1. The Hall–Kier alpha value is -2.14. The molecule has 4 nitrogen and oxygen atoms in total. The summed E-state index contributed by atoms with van der Waals surface area (Å²) in [5.41, 5.74) is 3.04. The summed E-state index contributed by atoms with van der Waals surface area (Å²) in [6.45, 7) is 0.313. The molecule has 2 aromatic carbocycles. The Labute approximate surface area is 152 Å². The van der Waals surface area contributed by atoms with Crippen molar-refractivity contribution in [3.8, 4) is 16.9 Å². The predicted molar refractivity (Wildman–Crippen MR) is 102 cm³/mol. The number of carbonyl (C=O) groups is 1. The Balaban J connectivity index is 1.56. The molecule has 0 atom stereocenters. The Morgan fingerprint density at radius 1 is 1.12 bits per heavy atom. The first kappa shape index (κ1) is 16.3. The monoisotopic (exact) mass is 354 g/mol. The largest absolute Gasteiger partial charge is 0.508 e. The number of nitrogens with zero attached hydrogens (tertiary/aromatic N) is 1. The fraction of sp³-hybridized carbons (Fsp3) is 0.350. The van der Waals surface area contributed by atoms with Crippen LogP contribution in [-0.4, -0.2) is 23.6 Å². The Bertz CT molecular complexity index is 787. The van der Waals surface area contributed by atoms with Gasteiger partial charge in [-0.15, -0.1) is 0 Å². The van der Waals surface area contributed by atoms with Crippen LogP contribution >= 0.6 is 11.9 Å². The van der Waals surface area contributed by atoms with Crippen molar-refractivity contribution in [1.29, 1.82) is 0 Å². The lowest BCUT2D eigenvalue weighted by Gasteiger charge is -2.32. The highest BCUT2D eigenvalue weighted by Gasteiger charge is 2.25. The topological polar surface area (TPSA) is 52.6 Å². The van der Waals surface area contributed by atoms with Gasteiger partial charge in [0.2, 0.25) is 5.91 Å². The molecule has 1 heterocycles. The maximum atomic E-state index is 12.6. The molecule has 0 spiro atoms. The number of carbonyl (C=O) groups excluding carboxylic acids is 1. The van der Waals surface area contributed by atoms with Crippen LogP contribution in [0.25, 0.3) is 11.1 Å². The van der Waals surface area contributed by atoms with Crippen LogP contribution in [0.15, 0.2) is 47.4 Å². The minimum atomic E-state index is 0.0674. The van der Waals surface area contributed by atoms with Gasteiger partial charge in [-0.3, -0.25) is 4.79 Å². The summed E-state index contributed by atoms with van der Waals surface area (Å²) in [6.07, 6.45) is 5.87. The number of phenolic OH excluding ortho intramolecular Hbond substituents is 1. The van der Waals surface area contributed by atoms with Gasteiger partial charge in [0.25, 0.3) is 0 Å². The average Bonchev–Trinajstić information content (AvgIpc) is 2.62. The van der Waals surface area contributed by atoms with Gasteiger partial charge in [-0.2, -0.15) is 0 Å². The predicted octanol–water partition coefficient (Wildman–Crippen LogP) is 4.34. The zero-order valence-corrected chi connectivity index (χ0v) is 14.9. The number of fused-ring (bicyclic) bond motifs is 3. The normalized spacial score (nSPS) is 16.9. The highest BCUT2D eigenvalue weighted by atomic mass is 32.2. The molecule has 0 bridgehead atoms. The fourth-order valence-electron chi connectivity index (χ4n) is 3.66. The van der Waals surface area contributed by atoms with Crippen molar-refractivity contribution in [3.63, 3.8) is 0 Å². The van der Waals surface area contributed by atoms with Gasteiger partial charge >= 0.3 is 0 Å². The molecule has 0 radical (unpaired) electrons. The van der Waals surface area contributed by atoms with E-state index >= 15 is 0 Å². The third-order valence-electron chi connectivity index (χ3n) is 4.89. The smallest absolute Gasteiger partial charge is 0.240 e. The lowest BCUT2D eigenvalue weighted by atomic mass is 9.95. The number of phenols is 1. The van der Waals surface area contributed by atoms with Gasteiger partial charge in [-0.25, -0.2) is 0 Å². The van der Waals surface area contributed by atoms with Crippen LogP contribution < -0.4 is 9.62 Å². The van der Waals surface area contributed by atoms with Crippen molar-refractivity contribution in [1.82, 2.24) is 5.32 Å². The third kappa shape index (κ3) is 3.47. The van der Waals surface area contributed by atoms with E-state index in [1.54, 1.807) is 24.1 Å². The lowest BCUT2D eigenvalue weighted by molar-refractivity contribution is -0.120. The van der Waals surface area contributed by atoms with E-state index in [1.165, 1.54) is 19.3 Å². The summed E-state index contributed by atoms with van der Waals surface area (Å²) in [7, 11) is 0. The van der Waals surface area contributed by atoms with Crippen LogP contribution in [0.4, 0.5) is 5.69 Å². The quantitative estimate of drug-likeness (QED) is 0.805. The molecule has 25 heavy (non-hydrogen) atoms. The molecule has 1 fully saturated rings. The van der Waals surface area contributed by atoms with Gasteiger partial charge in [0.1, 0.15) is 12.3 Å². The van der Waals surface area contributed by atoms with Gasteiger partial charge in [0.05, 0.1) is 5.69 Å². The second-order valence-corrected chi connectivity index (χ2v) is 7.79. The second-order valence-electron chi connectivity index (χ2n) is 6.73. The first-order valence-electron chi connectivity index (χ1n) is 8.88. The molecular formula is C20H22N2O2S. The molecule has 0 aromatic heterocycles. The van der Waals surface area contributed by atoms with Crippen molar-refractivity contribution in [2.75, 3.05) is 10.8 Å². The van der Waals surface area contributed by atoms with Gasteiger partial charge in [0.15, 0.2) is 0 Å². The molecule has 0 unspecified atom stereocenters. The van der Waals surface area contributed by atoms with E-state index in [1.807, 2.05) is 22.5 Å². The summed E-state index contributed by atoms with van der Waals surface area (Å²) in [4.78, 5) is 13.7. The summed E-state index contributed by atoms with van der Waals surface area (Å²) in [5.74, 6) is 0.310. The minimum absolute atomic E-state index is 0.0674. The molecule has 1 amide bonds. The van der Waals surface area contributed by atoms with Crippen LogP contribution in [0.1, 0.15) is 32.1 Å². The second kappa shape index (κ2) is 7.00. The van der Waals surface area contributed by atoms with E-state index in [4.69, 9.17) is 0 Å². The fourth-order valence-corrected chi connectivity index (χ4v) is 4.75. The van der Waals surface area contributed by atoms with Crippen molar-refractivity contribution in [2.45, 2.75) is 43.0 Å². The van der Waals surface area contributed by atoms with Crippen LogP contribution in [0.2, 0.25) is 0 Å². The number of rotatable bonds is 3. The standard InChI is InChI=1S/C20H22N2O2S/c23-15-10-11-18-17(12-15)16-8-4-5-9-19(16)25-22(18)13-20(24)21-14-6-2-1-3-7-14/h4-5,8-12,14,23H,1-3,6-7,13H2,(H,21,24). The van der Waals surface area contributed by atoms with Crippen molar-refractivity contribution in [3.05, 3.63) is 42.5 Å². The van der Waals surface area contributed by atoms with E-state index in [2.05, 4.69) is 17.4 Å². The van der Waals surface area contributed by atoms with E-state index < -0.39 is 0 Å². The van der Waals surface area contributed by atoms with Crippen LogP contribution in [0, 0.1) is 0 Å². The first-order valence-corrected chi connectivity index (χ1v) is 9.65. The molecule has 1 aliphatic carbocycles. The van der Waals surface area contributed by atoms with Crippen LogP contribution in [-0.2, 0) is 4.79 Å². The van der Waals surface area contributed by atoms with E-state index in [0.717, 1.165) is 34.6 Å². The highest BCUT2D eigenvalue weighted by Crippen LogP contribution is 2.47. The molecule has 1 aliphatic heterocycles. The molecule has 2 N–H and O–H groups in total. The van der Waals surface area contributed by atoms with Crippen molar-refractivity contribution >= 4 is 23.5 Å². The van der Waals surface area contributed by atoms with Crippen molar-refractivity contribution < 1.29 is 9.90 Å². The van der Waals surface area contributed by atoms with Gasteiger partial charge in [0, 0.05) is 16.5 Å². The Morgan fingerprint density at radius 2 is 1.92 bits per heavy atom. The number of amides is 1. The molecule has 5 heteroatoms. The number of hydrogen-bond acceptors (Lipinski definition) is 4. The highest BCUT2D eigenvalue weighted by molar-refractivity contribution is 8.01. The number of hydrogen-bond donors (Lipinski definition) is 2. The van der Waals surface area contributed by atoms with Gasteiger partial charge < -0.3 is 14.7 Å². The summed E-state index contributed by atoms with van der Waals surface area (Å²) >= 11 is 1.59. The third-order valence-corrected chi connectivity index (χ3v) is 5.99. The number of aromatic hydroxyl groups is 1. The zero-order valence-electron chi connectivity index (χ0n) is 14.1. The van der Waals surface area contributed by atoms with E-state index in [9.17, 15) is 9.90 Å². The maximum Gasteiger partial charge on any atom is 0.240 e. The Kier molecular flexibility index (Phi) is 4.57. The number of anilines is 1. The van der Waals surface area contributed by atoms with Crippen molar-refractivity contribution in [2.24, 2.45) is 0 Å². The number of benzene rings is 2. The minimum Gasteiger partial charge on any atom is -0.508 e. The maximum absolute atomic E-state index is 12.6. The van der Waals surface area contributed by atoms with E-state index in [0.29, 0.717) is 12.6 Å². The SMILES string of the molecule is O=C(CN1Sc2ccccc2-c2cc(O)ccc21)NC1CCCCC1. The van der Waals surface area contributed by atoms with E-state index in [-0.39, 0.29) is 11.7 Å². The van der Waals surface area contributed by atoms with Gasteiger partial charge in [-0.05, 0) is 54.6 Å². The molecular weight excluding hydrogens is 332 g/mol. The zero-order chi connectivity index (χ0) is 17.2. The van der Waals surface area contributed by atoms with Gasteiger partial charge in [-0.1, -0.05) is 37.5 Å². The molecule has 2 aliphatic rings. The summed E-state index contributed by atoms with van der Waals surface area (Å²) in [6, 6.07) is 13.8. The van der Waals surface area contributed by atoms with Crippen LogP contribution in [0.3, 0.4) is 0 Å². The summed E-state index contributed by atoms with van der Waals surface area (Å²) in [5, 5.41) is 13.1. The summed E-state index contributed by atoms with van der Waals surface area (Å²) < 4.78 is 2.02. The lowest BCUT2D eigenvalue weighted by Crippen LogP contribution is -2.41. The van der Waals surface area contributed by atoms with Crippen LogP contribution in [0.5, 0.6) is 5.75 Å². The molecule has 1 saturated carbocycles. The Morgan fingerprint density at radius 3 is 2.76 bits per heavy atom. The molecule has 0 saturated heterocycles. The molecule has 2 aromatic rings. The first-order chi connectivity index (χ1) is 12.2. The molecule has 4 rings (SSSR count). The average molecular weight is 354 g/mol.